The number of rotatable bonds is 6. The van der Waals surface area contributed by atoms with Crippen molar-refractivity contribution in [3.8, 4) is 0 Å². The SMILES string of the molecule is CCCCCOC[C@]1(C)CC[C@]2(C)CC[C@]3(C)[C@H](CC[C@@H]4[C@@]5(C)CCCC(C)(C)[C@@H]5CC[C@]43C)[C@@H]2C1. The first-order chi connectivity index (χ1) is 16.8. The van der Waals surface area contributed by atoms with E-state index in [1.807, 2.05) is 0 Å². The molecule has 208 valence electrons. The Kier molecular flexibility index (Phi) is 7.09. The Morgan fingerprint density at radius 2 is 1.42 bits per heavy atom. The predicted molar refractivity (Wildman–Crippen MR) is 154 cm³/mol. The first-order valence-corrected chi connectivity index (χ1v) is 16.4. The van der Waals surface area contributed by atoms with Gasteiger partial charge in [-0.3, -0.25) is 0 Å². The summed E-state index contributed by atoms with van der Waals surface area (Å²) in [6.07, 6.45) is 21.5. The third kappa shape index (κ3) is 4.09. The Hall–Kier alpha value is -0.0400. The van der Waals surface area contributed by atoms with Gasteiger partial charge in [0.25, 0.3) is 0 Å². The van der Waals surface area contributed by atoms with Gasteiger partial charge in [-0.15, -0.1) is 0 Å². The number of hydrogen-bond donors (Lipinski definition) is 0. The van der Waals surface area contributed by atoms with Crippen LogP contribution in [-0.4, -0.2) is 13.2 Å². The molecular weight excluding hydrogens is 436 g/mol. The zero-order valence-corrected chi connectivity index (χ0v) is 25.7. The summed E-state index contributed by atoms with van der Waals surface area (Å²) < 4.78 is 6.35. The molecule has 1 heteroatoms. The first-order valence-electron chi connectivity index (χ1n) is 16.4. The van der Waals surface area contributed by atoms with Gasteiger partial charge < -0.3 is 4.74 Å². The predicted octanol–water partition coefficient (Wildman–Crippen LogP) is 10.5. The van der Waals surface area contributed by atoms with Gasteiger partial charge in [-0.25, -0.2) is 0 Å². The van der Waals surface area contributed by atoms with Gasteiger partial charge in [-0.05, 0) is 133 Å². The van der Waals surface area contributed by atoms with E-state index in [1.54, 1.807) is 0 Å². The minimum absolute atomic E-state index is 0.392. The second kappa shape index (κ2) is 9.27. The van der Waals surface area contributed by atoms with Crippen LogP contribution in [0.2, 0.25) is 0 Å². The molecule has 0 heterocycles. The molecule has 0 aromatic heterocycles. The summed E-state index contributed by atoms with van der Waals surface area (Å²) in [7, 11) is 0. The molecule has 0 unspecified atom stereocenters. The highest BCUT2D eigenvalue weighted by Crippen LogP contribution is 2.76. The van der Waals surface area contributed by atoms with Gasteiger partial charge in [0, 0.05) is 6.61 Å². The lowest BCUT2D eigenvalue weighted by Gasteiger charge is -2.73. The van der Waals surface area contributed by atoms with Crippen molar-refractivity contribution in [1.82, 2.24) is 0 Å². The summed E-state index contributed by atoms with van der Waals surface area (Å²) in [4.78, 5) is 0. The molecule has 5 fully saturated rings. The van der Waals surface area contributed by atoms with Gasteiger partial charge in [0.15, 0.2) is 0 Å². The number of ether oxygens (including phenoxy) is 1. The molecule has 5 aliphatic carbocycles. The molecule has 0 amide bonds. The fourth-order valence-corrected chi connectivity index (χ4v) is 12.2. The number of fused-ring (bicyclic) bond motifs is 7. The van der Waals surface area contributed by atoms with E-state index < -0.39 is 0 Å². The standard InChI is InChI=1S/C35H62O/c1-9-10-11-23-36-25-31(4)19-20-32(5)21-22-34(7)26(27(32)24-31)13-14-29-33(6)17-12-16-30(2,3)28(33)15-18-35(29,34)8/h26-29H,9-25H2,1-8H3/t26-,27+,28+,29-,31-,32-,33+,34-,35-/m1/s1. The average Bonchev–Trinajstić information content (AvgIpc) is 2.80. The van der Waals surface area contributed by atoms with Crippen molar-refractivity contribution in [1.29, 1.82) is 0 Å². The topological polar surface area (TPSA) is 9.23 Å². The maximum atomic E-state index is 6.35. The molecule has 5 saturated carbocycles. The molecular formula is C35H62O. The summed E-state index contributed by atoms with van der Waals surface area (Å²) in [5.74, 6) is 3.70. The molecule has 0 N–H and O–H groups in total. The van der Waals surface area contributed by atoms with Crippen molar-refractivity contribution < 1.29 is 4.74 Å². The Balaban J connectivity index is 1.39. The Morgan fingerprint density at radius 1 is 0.667 bits per heavy atom. The van der Waals surface area contributed by atoms with Crippen LogP contribution in [0.4, 0.5) is 0 Å². The summed E-state index contributed by atoms with van der Waals surface area (Å²) in [6.45, 7) is 23.2. The van der Waals surface area contributed by atoms with Crippen LogP contribution < -0.4 is 0 Å². The smallest absolute Gasteiger partial charge is 0.0519 e. The highest BCUT2D eigenvalue weighted by atomic mass is 16.5. The van der Waals surface area contributed by atoms with Gasteiger partial charge in [0.2, 0.25) is 0 Å². The molecule has 9 atom stereocenters. The molecule has 0 aromatic rings. The molecule has 0 saturated heterocycles. The van der Waals surface area contributed by atoms with Crippen molar-refractivity contribution >= 4 is 0 Å². The molecule has 5 aliphatic rings. The fraction of sp³-hybridized carbons (Fsp3) is 1.00. The minimum Gasteiger partial charge on any atom is -0.381 e. The zero-order valence-electron chi connectivity index (χ0n) is 25.7. The highest BCUT2D eigenvalue weighted by Gasteiger charge is 2.69. The third-order valence-electron chi connectivity index (χ3n) is 14.6. The Morgan fingerprint density at radius 3 is 2.17 bits per heavy atom. The van der Waals surface area contributed by atoms with Gasteiger partial charge in [0.1, 0.15) is 0 Å². The first kappa shape index (κ1) is 27.5. The van der Waals surface area contributed by atoms with Crippen LogP contribution in [0.5, 0.6) is 0 Å². The molecule has 0 bridgehead atoms. The normalized spacial score (nSPS) is 52.0. The monoisotopic (exact) mass is 498 g/mol. The van der Waals surface area contributed by atoms with Crippen LogP contribution in [-0.2, 0) is 4.74 Å². The van der Waals surface area contributed by atoms with E-state index in [2.05, 4.69) is 55.4 Å². The van der Waals surface area contributed by atoms with E-state index in [0.29, 0.717) is 32.5 Å². The molecule has 0 spiro atoms. The molecule has 0 aromatic carbocycles. The Labute approximate surface area is 225 Å². The van der Waals surface area contributed by atoms with E-state index in [1.165, 1.54) is 96.3 Å². The van der Waals surface area contributed by atoms with Crippen LogP contribution in [0.15, 0.2) is 0 Å². The summed E-state index contributed by atoms with van der Waals surface area (Å²) in [5.41, 5.74) is 3.12. The molecule has 0 radical (unpaired) electrons. The molecule has 5 rings (SSSR count). The van der Waals surface area contributed by atoms with Crippen molar-refractivity contribution in [3.63, 3.8) is 0 Å². The van der Waals surface area contributed by atoms with Gasteiger partial charge >= 0.3 is 0 Å². The lowest BCUT2D eigenvalue weighted by Crippen LogP contribution is -2.66. The average molecular weight is 499 g/mol. The largest absolute Gasteiger partial charge is 0.381 e. The second-order valence-corrected chi connectivity index (χ2v) is 17.0. The van der Waals surface area contributed by atoms with Crippen LogP contribution in [0.1, 0.15) is 152 Å². The molecule has 1 nitrogen and oxygen atoms in total. The van der Waals surface area contributed by atoms with Crippen LogP contribution >= 0.6 is 0 Å². The van der Waals surface area contributed by atoms with Crippen molar-refractivity contribution in [2.75, 3.05) is 13.2 Å². The van der Waals surface area contributed by atoms with Crippen LogP contribution in [0, 0.1) is 56.2 Å². The van der Waals surface area contributed by atoms with E-state index >= 15 is 0 Å². The van der Waals surface area contributed by atoms with E-state index in [0.717, 1.165) is 36.9 Å². The molecule has 36 heavy (non-hydrogen) atoms. The maximum Gasteiger partial charge on any atom is 0.0519 e. The minimum atomic E-state index is 0.392. The lowest BCUT2D eigenvalue weighted by molar-refractivity contribution is -0.244. The fourth-order valence-electron chi connectivity index (χ4n) is 12.2. The highest BCUT2D eigenvalue weighted by molar-refractivity contribution is 5.17. The van der Waals surface area contributed by atoms with Crippen molar-refractivity contribution in [3.05, 3.63) is 0 Å². The quantitative estimate of drug-likeness (QED) is 0.331. The zero-order chi connectivity index (χ0) is 26.0. The van der Waals surface area contributed by atoms with E-state index in [4.69, 9.17) is 4.74 Å². The number of hydrogen-bond acceptors (Lipinski definition) is 1. The van der Waals surface area contributed by atoms with Crippen molar-refractivity contribution in [2.45, 2.75) is 152 Å². The summed E-state index contributed by atoms with van der Waals surface area (Å²) in [6, 6.07) is 0. The van der Waals surface area contributed by atoms with Crippen LogP contribution in [0.25, 0.3) is 0 Å². The van der Waals surface area contributed by atoms with Gasteiger partial charge in [0.05, 0.1) is 6.61 Å². The van der Waals surface area contributed by atoms with Crippen molar-refractivity contribution in [2.24, 2.45) is 56.2 Å². The maximum absolute atomic E-state index is 6.35. The van der Waals surface area contributed by atoms with Crippen LogP contribution in [0.3, 0.4) is 0 Å². The van der Waals surface area contributed by atoms with E-state index in [9.17, 15) is 0 Å². The molecule has 0 aliphatic heterocycles. The second-order valence-electron chi connectivity index (χ2n) is 17.0. The van der Waals surface area contributed by atoms with Gasteiger partial charge in [-0.1, -0.05) is 74.7 Å². The van der Waals surface area contributed by atoms with E-state index in [-0.39, 0.29) is 0 Å². The third-order valence-corrected chi connectivity index (χ3v) is 14.6. The Bertz CT molecular complexity index is 800. The lowest BCUT2D eigenvalue weighted by atomic mass is 9.31. The number of unbranched alkanes of at least 4 members (excludes halogenated alkanes) is 2. The summed E-state index contributed by atoms with van der Waals surface area (Å²) in [5, 5.41) is 0. The summed E-state index contributed by atoms with van der Waals surface area (Å²) >= 11 is 0. The van der Waals surface area contributed by atoms with Gasteiger partial charge in [-0.2, -0.15) is 0 Å².